The van der Waals surface area contributed by atoms with Crippen LogP contribution < -0.4 is 5.32 Å². The number of carbonyl (C=O) groups is 1. The van der Waals surface area contributed by atoms with E-state index in [1.54, 1.807) is 0 Å². The van der Waals surface area contributed by atoms with Gasteiger partial charge in [0.15, 0.2) is 0 Å². The van der Waals surface area contributed by atoms with Crippen LogP contribution in [0.5, 0.6) is 0 Å². The van der Waals surface area contributed by atoms with Crippen molar-refractivity contribution >= 4 is 6.09 Å². The summed E-state index contributed by atoms with van der Waals surface area (Å²) in [6, 6.07) is 9.77. The first-order valence-corrected chi connectivity index (χ1v) is 7.27. The number of ether oxygens (including phenoxy) is 1. The van der Waals surface area contributed by atoms with Crippen molar-refractivity contribution < 1.29 is 9.53 Å². The molecule has 4 rings (SSSR count). The number of rotatable bonds is 3. The fourth-order valence-electron chi connectivity index (χ4n) is 3.20. The van der Waals surface area contributed by atoms with Gasteiger partial charge in [0.1, 0.15) is 5.60 Å². The number of amides is 1. The van der Waals surface area contributed by atoms with E-state index >= 15 is 0 Å². The van der Waals surface area contributed by atoms with E-state index in [1.165, 1.54) is 17.5 Å². The molecule has 1 aromatic carbocycles. The third kappa shape index (κ3) is 2.40. The molecule has 4 nitrogen and oxygen atoms in total. The van der Waals surface area contributed by atoms with Crippen molar-refractivity contribution in [2.75, 3.05) is 13.1 Å². The van der Waals surface area contributed by atoms with Gasteiger partial charge in [-0.2, -0.15) is 0 Å². The number of alkyl carbamates (subject to hydrolysis) is 1. The molecule has 3 aliphatic rings. The quantitative estimate of drug-likeness (QED) is 0.921. The SMILES string of the molecule is CC(C)(C)OC(=O)NCCN1C2CC1c1ccccc12. The van der Waals surface area contributed by atoms with Gasteiger partial charge in [0.2, 0.25) is 0 Å². The third-order valence-electron chi connectivity index (χ3n) is 4.00. The molecule has 0 radical (unpaired) electrons. The van der Waals surface area contributed by atoms with Crippen LogP contribution >= 0.6 is 0 Å². The Hall–Kier alpha value is -1.55. The van der Waals surface area contributed by atoms with Gasteiger partial charge in [0.05, 0.1) is 0 Å². The first kappa shape index (κ1) is 13.4. The minimum absolute atomic E-state index is 0.331. The molecule has 1 aliphatic carbocycles. The summed E-state index contributed by atoms with van der Waals surface area (Å²) in [6.07, 6.45) is 0.897. The molecule has 4 heteroatoms. The summed E-state index contributed by atoms with van der Waals surface area (Å²) in [6.45, 7) is 7.13. The monoisotopic (exact) mass is 274 g/mol. The lowest BCUT2D eigenvalue weighted by atomic mass is 10.0. The Kier molecular flexibility index (Phi) is 3.21. The highest BCUT2D eigenvalue weighted by Gasteiger charge is 2.47. The molecular weight excluding hydrogens is 252 g/mol. The first-order valence-electron chi connectivity index (χ1n) is 7.27. The zero-order valence-electron chi connectivity index (χ0n) is 12.3. The van der Waals surface area contributed by atoms with Gasteiger partial charge in [-0.1, -0.05) is 24.3 Å². The maximum Gasteiger partial charge on any atom is 0.407 e. The zero-order valence-corrected chi connectivity index (χ0v) is 12.3. The molecule has 1 saturated heterocycles. The number of hydrogen-bond acceptors (Lipinski definition) is 3. The second-order valence-corrected chi connectivity index (χ2v) is 6.56. The summed E-state index contributed by atoms with van der Waals surface area (Å²) >= 11 is 0. The molecule has 1 amide bonds. The molecule has 1 fully saturated rings. The molecule has 2 aliphatic heterocycles. The maximum atomic E-state index is 11.6. The van der Waals surface area contributed by atoms with E-state index in [4.69, 9.17) is 4.74 Å². The van der Waals surface area contributed by atoms with Crippen LogP contribution in [0, 0.1) is 0 Å². The number of nitrogens with one attached hydrogen (secondary N) is 1. The standard InChI is InChI=1S/C16H22N2O2/c1-16(2,3)20-15(19)17-8-9-18-13-10-14(18)12-7-5-4-6-11(12)13/h4-7,13-14H,8-10H2,1-3H3,(H,17,19). The summed E-state index contributed by atoms with van der Waals surface area (Å²) < 4.78 is 5.23. The summed E-state index contributed by atoms with van der Waals surface area (Å²) in [5.74, 6) is 0. The molecule has 1 N–H and O–H groups in total. The maximum absolute atomic E-state index is 11.6. The van der Waals surface area contributed by atoms with Crippen LogP contribution in [0.15, 0.2) is 24.3 Å². The fraction of sp³-hybridized carbons (Fsp3) is 0.562. The van der Waals surface area contributed by atoms with Gasteiger partial charge in [-0.25, -0.2) is 4.79 Å². The van der Waals surface area contributed by atoms with Crippen LogP contribution in [0.25, 0.3) is 0 Å². The van der Waals surface area contributed by atoms with E-state index in [0.717, 1.165) is 6.54 Å². The van der Waals surface area contributed by atoms with Crippen LogP contribution in [0.2, 0.25) is 0 Å². The number of benzene rings is 1. The molecule has 108 valence electrons. The Balaban J connectivity index is 1.47. The van der Waals surface area contributed by atoms with Crippen LogP contribution in [0.1, 0.15) is 50.4 Å². The Morgan fingerprint density at radius 2 is 1.90 bits per heavy atom. The molecule has 2 unspecified atom stereocenters. The molecule has 0 aromatic heterocycles. The Morgan fingerprint density at radius 3 is 2.45 bits per heavy atom. The summed E-state index contributed by atoms with van der Waals surface area (Å²) in [4.78, 5) is 14.1. The molecular formula is C16H22N2O2. The van der Waals surface area contributed by atoms with Crippen molar-refractivity contribution in [3.8, 4) is 0 Å². The van der Waals surface area contributed by atoms with E-state index < -0.39 is 5.60 Å². The molecule has 2 heterocycles. The minimum atomic E-state index is -0.434. The molecule has 1 aromatic rings. The largest absolute Gasteiger partial charge is 0.444 e. The van der Waals surface area contributed by atoms with E-state index in [1.807, 2.05) is 20.8 Å². The summed E-state index contributed by atoms with van der Waals surface area (Å²) in [7, 11) is 0. The lowest BCUT2D eigenvalue weighted by Crippen LogP contribution is -2.43. The average molecular weight is 274 g/mol. The van der Waals surface area contributed by atoms with E-state index in [-0.39, 0.29) is 6.09 Å². The highest BCUT2D eigenvalue weighted by Crippen LogP contribution is 2.56. The van der Waals surface area contributed by atoms with Crippen molar-refractivity contribution in [1.82, 2.24) is 10.2 Å². The van der Waals surface area contributed by atoms with Gasteiger partial charge in [-0.05, 0) is 38.3 Å². The van der Waals surface area contributed by atoms with Crippen molar-refractivity contribution in [2.24, 2.45) is 0 Å². The predicted molar refractivity (Wildman–Crippen MR) is 77.5 cm³/mol. The zero-order chi connectivity index (χ0) is 14.3. The van der Waals surface area contributed by atoms with E-state index in [2.05, 4.69) is 34.5 Å². The van der Waals surface area contributed by atoms with Crippen LogP contribution in [-0.4, -0.2) is 29.7 Å². The number of carbonyl (C=O) groups excluding carboxylic acids is 1. The molecule has 2 atom stereocenters. The van der Waals surface area contributed by atoms with Crippen molar-refractivity contribution in [3.63, 3.8) is 0 Å². The Labute approximate surface area is 120 Å². The summed E-state index contributed by atoms with van der Waals surface area (Å²) in [5.41, 5.74) is 2.50. The van der Waals surface area contributed by atoms with Gasteiger partial charge in [0, 0.05) is 25.2 Å². The second kappa shape index (κ2) is 4.77. The minimum Gasteiger partial charge on any atom is -0.444 e. The van der Waals surface area contributed by atoms with Crippen LogP contribution in [0.3, 0.4) is 0 Å². The van der Waals surface area contributed by atoms with Crippen LogP contribution in [-0.2, 0) is 4.74 Å². The fourth-order valence-corrected chi connectivity index (χ4v) is 3.20. The lowest BCUT2D eigenvalue weighted by molar-refractivity contribution is 0.0354. The molecule has 2 bridgehead atoms. The van der Waals surface area contributed by atoms with Gasteiger partial charge in [0.25, 0.3) is 0 Å². The van der Waals surface area contributed by atoms with Gasteiger partial charge in [-0.3, -0.25) is 4.90 Å². The molecule has 0 spiro atoms. The average Bonchev–Trinajstić information content (AvgIpc) is 2.84. The summed E-state index contributed by atoms with van der Waals surface area (Å²) in [5, 5.41) is 2.83. The first-order chi connectivity index (χ1) is 9.46. The normalized spacial score (nSPS) is 23.9. The Bertz CT molecular complexity index is 492. The second-order valence-electron chi connectivity index (χ2n) is 6.56. The highest BCUT2D eigenvalue weighted by atomic mass is 16.6. The van der Waals surface area contributed by atoms with Gasteiger partial charge >= 0.3 is 6.09 Å². The van der Waals surface area contributed by atoms with Gasteiger partial charge in [-0.15, -0.1) is 0 Å². The Morgan fingerprint density at radius 1 is 1.30 bits per heavy atom. The van der Waals surface area contributed by atoms with E-state index in [0.29, 0.717) is 18.6 Å². The van der Waals surface area contributed by atoms with Crippen LogP contribution in [0.4, 0.5) is 4.79 Å². The highest BCUT2D eigenvalue weighted by molar-refractivity contribution is 5.67. The predicted octanol–water partition coefficient (Wildman–Crippen LogP) is 3.01. The topological polar surface area (TPSA) is 41.6 Å². The lowest BCUT2D eigenvalue weighted by Gasteiger charge is -2.41. The molecule has 0 saturated carbocycles. The molecule has 20 heavy (non-hydrogen) atoms. The van der Waals surface area contributed by atoms with E-state index in [9.17, 15) is 4.79 Å². The van der Waals surface area contributed by atoms with Crippen molar-refractivity contribution in [2.45, 2.75) is 44.9 Å². The third-order valence-corrected chi connectivity index (χ3v) is 4.00. The number of nitrogens with zero attached hydrogens (tertiary/aromatic N) is 1. The van der Waals surface area contributed by atoms with Crippen molar-refractivity contribution in [3.05, 3.63) is 35.4 Å². The number of hydrogen-bond donors (Lipinski definition) is 1. The van der Waals surface area contributed by atoms with Crippen molar-refractivity contribution in [1.29, 1.82) is 0 Å². The van der Waals surface area contributed by atoms with Gasteiger partial charge < -0.3 is 10.1 Å². The smallest absolute Gasteiger partial charge is 0.407 e.